The van der Waals surface area contributed by atoms with E-state index >= 15 is 0 Å². The van der Waals surface area contributed by atoms with Crippen molar-refractivity contribution in [1.82, 2.24) is 0 Å². The number of carbonyl (C=O) groups is 1. The van der Waals surface area contributed by atoms with Crippen molar-refractivity contribution in [3.8, 4) is 0 Å². The predicted molar refractivity (Wildman–Crippen MR) is 89.1 cm³/mol. The van der Waals surface area contributed by atoms with Gasteiger partial charge >= 0.3 is 0 Å². The summed E-state index contributed by atoms with van der Waals surface area (Å²) in [5.74, 6) is 0. The standard InChI is InChI=1S/2C8H18NO.CH2O3/c2*1-4-9(3)5-6-10-7-8(9)2;2-1(3)4/h2*8H,4-7H2,1-3H3;(H2,2,3,4)/q2*+1;/p-2. The lowest BCUT2D eigenvalue weighted by atomic mass is 10.2. The van der Waals surface area contributed by atoms with Crippen molar-refractivity contribution in [2.24, 2.45) is 0 Å². The summed E-state index contributed by atoms with van der Waals surface area (Å²) in [6.45, 7) is 17.6. The van der Waals surface area contributed by atoms with Gasteiger partial charge in [-0.3, -0.25) is 0 Å². The van der Waals surface area contributed by atoms with Crippen molar-refractivity contribution in [3.05, 3.63) is 0 Å². The molecule has 0 spiro atoms. The molecule has 4 unspecified atom stereocenters. The van der Waals surface area contributed by atoms with E-state index in [1.54, 1.807) is 0 Å². The van der Waals surface area contributed by atoms with Gasteiger partial charge in [-0.1, -0.05) is 0 Å². The number of morpholine rings is 2. The molecule has 0 aromatic heterocycles. The van der Waals surface area contributed by atoms with Crippen LogP contribution in [-0.4, -0.2) is 93.9 Å². The van der Waals surface area contributed by atoms with Crippen molar-refractivity contribution >= 4 is 6.16 Å². The molecule has 7 heteroatoms. The number of hydrogen-bond donors (Lipinski definition) is 0. The summed E-state index contributed by atoms with van der Waals surface area (Å²) in [5, 5.41) is 16.7. The summed E-state index contributed by atoms with van der Waals surface area (Å²) in [4.78, 5) is 8.33. The Morgan fingerprint density at radius 1 is 0.917 bits per heavy atom. The monoisotopic (exact) mass is 348 g/mol. The second-order valence-electron chi connectivity index (χ2n) is 7.14. The Kier molecular flexibility index (Phi) is 10.5. The molecule has 144 valence electrons. The highest BCUT2D eigenvalue weighted by Crippen LogP contribution is 2.14. The number of hydrogen-bond acceptors (Lipinski definition) is 5. The first-order valence-electron chi connectivity index (χ1n) is 8.83. The van der Waals surface area contributed by atoms with E-state index in [1.165, 1.54) is 35.1 Å². The van der Waals surface area contributed by atoms with Crippen LogP contribution in [0.3, 0.4) is 0 Å². The molecule has 2 aliphatic heterocycles. The van der Waals surface area contributed by atoms with Crippen LogP contribution in [0.1, 0.15) is 27.7 Å². The summed E-state index contributed by atoms with van der Waals surface area (Å²) in [6, 6.07) is 1.36. The van der Waals surface area contributed by atoms with Crippen LogP contribution in [0.2, 0.25) is 0 Å². The van der Waals surface area contributed by atoms with E-state index in [0.717, 1.165) is 26.4 Å². The third-order valence-corrected chi connectivity index (χ3v) is 5.78. The average Bonchev–Trinajstić information content (AvgIpc) is 2.53. The van der Waals surface area contributed by atoms with Crippen molar-refractivity contribution in [2.75, 3.05) is 66.7 Å². The van der Waals surface area contributed by atoms with Crippen LogP contribution in [0, 0.1) is 0 Å². The fraction of sp³-hybridized carbons (Fsp3) is 0.941. The van der Waals surface area contributed by atoms with E-state index < -0.39 is 6.16 Å². The van der Waals surface area contributed by atoms with E-state index in [9.17, 15) is 0 Å². The van der Waals surface area contributed by atoms with Gasteiger partial charge in [-0.25, -0.2) is 0 Å². The maximum absolute atomic E-state index is 8.33. The van der Waals surface area contributed by atoms with Crippen LogP contribution < -0.4 is 10.2 Å². The van der Waals surface area contributed by atoms with Crippen molar-refractivity contribution < 1.29 is 33.4 Å². The number of quaternary nitrogens is 2. The lowest BCUT2D eigenvalue weighted by Gasteiger charge is -2.42. The summed E-state index contributed by atoms with van der Waals surface area (Å²) >= 11 is 0. The average molecular weight is 348 g/mol. The Morgan fingerprint density at radius 2 is 1.21 bits per heavy atom. The topological polar surface area (TPSA) is 81.7 Å². The maximum Gasteiger partial charge on any atom is 0.110 e. The summed E-state index contributed by atoms with van der Waals surface area (Å²) in [5.41, 5.74) is 0. The Hall–Kier alpha value is -0.890. The van der Waals surface area contributed by atoms with Gasteiger partial charge in [0.1, 0.15) is 25.2 Å². The van der Waals surface area contributed by atoms with Crippen LogP contribution in [0.25, 0.3) is 0 Å². The highest BCUT2D eigenvalue weighted by molar-refractivity contribution is 5.47. The second kappa shape index (κ2) is 10.9. The fourth-order valence-corrected chi connectivity index (χ4v) is 2.79. The zero-order chi connectivity index (χ0) is 18.8. The molecule has 0 aromatic carbocycles. The minimum atomic E-state index is -2.33. The smallest absolute Gasteiger partial charge is 0.110 e. The van der Waals surface area contributed by atoms with Crippen LogP contribution in [0.5, 0.6) is 0 Å². The zero-order valence-electron chi connectivity index (χ0n) is 16.2. The van der Waals surface area contributed by atoms with Gasteiger partial charge in [0.2, 0.25) is 0 Å². The lowest BCUT2D eigenvalue weighted by molar-refractivity contribution is -0.937. The highest BCUT2D eigenvalue weighted by Gasteiger charge is 2.31. The lowest BCUT2D eigenvalue weighted by Crippen LogP contribution is -2.57. The first-order valence-corrected chi connectivity index (χ1v) is 8.83. The van der Waals surface area contributed by atoms with Crippen LogP contribution in [-0.2, 0) is 9.47 Å². The number of rotatable bonds is 2. The van der Waals surface area contributed by atoms with Crippen LogP contribution in [0.4, 0.5) is 4.79 Å². The molecule has 0 aliphatic carbocycles. The molecule has 2 rings (SSSR count). The molecule has 0 N–H and O–H groups in total. The normalized spacial score (nSPS) is 35.8. The molecule has 0 saturated carbocycles. The quantitative estimate of drug-likeness (QED) is 0.616. The fourth-order valence-electron chi connectivity index (χ4n) is 2.79. The maximum atomic E-state index is 8.33. The molecule has 2 aliphatic rings. The highest BCUT2D eigenvalue weighted by atomic mass is 16.6. The number of carboxylic acid groups (broad SMARTS) is 2. The third kappa shape index (κ3) is 7.79. The van der Waals surface area contributed by atoms with Gasteiger partial charge < -0.3 is 33.4 Å². The van der Waals surface area contributed by atoms with Gasteiger partial charge in [0.25, 0.3) is 0 Å². The molecule has 0 amide bonds. The molecule has 0 radical (unpaired) electrons. The Labute approximate surface area is 146 Å². The molecule has 2 heterocycles. The zero-order valence-corrected chi connectivity index (χ0v) is 16.2. The molecule has 7 nitrogen and oxygen atoms in total. The van der Waals surface area contributed by atoms with Gasteiger partial charge in [0, 0.05) is 0 Å². The van der Waals surface area contributed by atoms with Crippen LogP contribution >= 0.6 is 0 Å². The molecular formula is C17H36N2O5. The minimum absolute atomic E-state index is 0.679. The second-order valence-corrected chi connectivity index (χ2v) is 7.14. The SMILES string of the molecule is CC[N+]1(C)CCOCC1C.CC[N+]1(C)CCOCC1C.O=C([O-])[O-]. The predicted octanol–water partition coefficient (Wildman–Crippen LogP) is -0.704. The van der Waals surface area contributed by atoms with Gasteiger partial charge in [-0.2, -0.15) is 0 Å². The van der Waals surface area contributed by atoms with Crippen LogP contribution in [0.15, 0.2) is 0 Å². The first-order chi connectivity index (χ1) is 11.1. The van der Waals surface area contributed by atoms with Crippen molar-refractivity contribution in [2.45, 2.75) is 39.8 Å². The van der Waals surface area contributed by atoms with E-state index in [2.05, 4.69) is 41.8 Å². The molecular weight excluding hydrogens is 312 g/mol. The number of carbonyl (C=O) groups excluding carboxylic acids is 1. The van der Waals surface area contributed by atoms with Crippen molar-refractivity contribution in [1.29, 1.82) is 0 Å². The molecule has 2 fully saturated rings. The molecule has 0 bridgehead atoms. The van der Waals surface area contributed by atoms with Gasteiger partial charge in [0.15, 0.2) is 0 Å². The Balaban J connectivity index is 0.000000363. The number of nitrogens with zero attached hydrogens (tertiary/aromatic N) is 2. The Bertz CT molecular complexity index is 337. The molecule has 0 aromatic rings. The van der Waals surface area contributed by atoms with E-state index in [4.69, 9.17) is 24.5 Å². The van der Waals surface area contributed by atoms with Gasteiger partial charge in [-0.15, -0.1) is 0 Å². The summed E-state index contributed by atoms with van der Waals surface area (Å²) in [6.07, 6.45) is -2.33. The van der Waals surface area contributed by atoms with Gasteiger partial charge in [0.05, 0.1) is 53.6 Å². The minimum Gasteiger partial charge on any atom is -0.652 e. The number of likely N-dealkylation sites (N-methyl/N-ethyl adjacent to an activating group) is 2. The third-order valence-electron chi connectivity index (χ3n) is 5.78. The molecule has 24 heavy (non-hydrogen) atoms. The van der Waals surface area contributed by atoms with E-state index in [0.29, 0.717) is 12.1 Å². The van der Waals surface area contributed by atoms with Gasteiger partial charge in [-0.05, 0) is 33.9 Å². The Morgan fingerprint density at radius 3 is 1.38 bits per heavy atom. The molecule has 4 atom stereocenters. The molecule has 2 saturated heterocycles. The van der Waals surface area contributed by atoms with E-state index in [1.807, 2.05) is 0 Å². The number of ether oxygens (including phenoxy) is 2. The van der Waals surface area contributed by atoms with E-state index in [-0.39, 0.29) is 0 Å². The largest absolute Gasteiger partial charge is 0.652 e. The first kappa shape index (κ1) is 23.1. The van der Waals surface area contributed by atoms with Crippen molar-refractivity contribution in [3.63, 3.8) is 0 Å². The summed E-state index contributed by atoms with van der Waals surface area (Å²) < 4.78 is 13.1. The summed E-state index contributed by atoms with van der Waals surface area (Å²) in [7, 11) is 4.63.